The number of hydrogen-bond acceptors (Lipinski definition) is 7. The van der Waals surface area contributed by atoms with Gasteiger partial charge in [-0.1, -0.05) is 12.1 Å². The first-order valence-corrected chi connectivity index (χ1v) is 14.8. The van der Waals surface area contributed by atoms with Gasteiger partial charge in [-0.3, -0.25) is 4.79 Å². The molecule has 2 aromatic rings. The Hall–Kier alpha value is -2.50. The van der Waals surface area contributed by atoms with Gasteiger partial charge in [0.1, 0.15) is 10.7 Å². The molecule has 3 aliphatic rings. The van der Waals surface area contributed by atoms with Gasteiger partial charge in [-0.25, -0.2) is 27.0 Å². The number of nitrogens with one attached hydrogen (secondary N) is 1. The van der Waals surface area contributed by atoms with Crippen LogP contribution in [0.2, 0.25) is 0 Å². The highest BCUT2D eigenvalue weighted by Crippen LogP contribution is 2.49. The Kier molecular flexibility index (Phi) is 5.49. The second-order valence-corrected chi connectivity index (χ2v) is 13.3. The summed E-state index contributed by atoms with van der Waals surface area (Å²) in [4.78, 5) is 20.1. The van der Waals surface area contributed by atoms with Crippen LogP contribution >= 0.6 is 0 Å². The fourth-order valence-corrected chi connectivity index (χ4v) is 6.61. The first-order valence-electron chi connectivity index (χ1n) is 11.4. The van der Waals surface area contributed by atoms with E-state index in [1.807, 2.05) is 6.07 Å². The number of sulfonamides is 1. The van der Waals surface area contributed by atoms with Crippen LogP contribution in [0.5, 0.6) is 0 Å². The number of pyridine rings is 1. The molecule has 3 N–H and O–H groups in total. The third kappa shape index (κ3) is 4.20. The van der Waals surface area contributed by atoms with Gasteiger partial charge in [0, 0.05) is 30.6 Å². The molecule has 1 amide bonds. The number of sulfone groups is 1. The van der Waals surface area contributed by atoms with E-state index in [1.54, 1.807) is 24.3 Å². The molecular formula is C23H28N4O5S2. The van der Waals surface area contributed by atoms with Crippen molar-refractivity contribution in [2.45, 2.75) is 71.9 Å². The smallest absolute Gasteiger partial charge is 0.239 e. The SMILES string of the molecule is CS(=O)(=O)c1cccc(C2(C(=O)N[C@H]3C[C@H]4CC[C@@H](C3)N4c3ccc(S(N)(=O)=O)cn3)CC2)c1. The van der Waals surface area contributed by atoms with E-state index in [-0.39, 0.29) is 33.8 Å². The monoisotopic (exact) mass is 504 g/mol. The number of anilines is 1. The minimum atomic E-state index is -3.79. The number of hydrogen-bond donors (Lipinski definition) is 2. The molecule has 1 saturated carbocycles. The number of amides is 1. The van der Waals surface area contributed by atoms with Gasteiger partial charge in [0.2, 0.25) is 15.9 Å². The van der Waals surface area contributed by atoms with E-state index in [9.17, 15) is 21.6 Å². The molecule has 2 bridgehead atoms. The topological polar surface area (TPSA) is 140 Å². The maximum Gasteiger partial charge on any atom is 0.239 e. The quantitative estimate of drug-likeness (QED) is 0.607. The molecule has 1 aromatic carbocycles. The highest BCUT2D eigenvalue weighted by molar-refractivity contribution is 7.90. The molecule has 5 rings (SSSR count). The molecule has 182 valence electrons. The van der Waals surface area contributed by atoms with E-state index in [0.717, 1.165) is 37.1 Å². The first-order chi connectivity index (χ1) is 16.0. The van der Waals surface area contributed by atoms with Crippen LogP contribution in [-0.4, -0.2) is 52.1 Å². The predicted octanol–water partition coefficient (Wildman–Crippen LogP) is 1.48. The zero-order valence-corrected chi connectivity index (χ0v) is 20.5. The molecule has 3 atom stereocenters. The fraction of sp³-hybridized carbons (Fsp3) is 0.478. The van der Waals surface area contributed by atoms with Crippen LogP contribution in [-0.2, 0) is 30.1 Å². The lowest BCUT2D eigenvalue weighted by molar-refractivity contribution is -0.124. The summed E-state index contributed by atoms with van der Waals surface area (Å²) >= 11 is 0. The molecule has 0 unspecified atom stereocenters. The maximum absolute atomic E-state index is 13.3. The minimum absolute atomic E-state index is 0.0135. The van der Waals surface area contributed by atoms with Crippen molar-refractivity contribution in [1.29, 1.82) is 0 Å². The lowest BCUT2D eigenvalue weighted by atomic mass is 9.92. The van der Waals surface area contributed by atoms with Crippen LogP contribution in [0.4, 0.5) is 5.82 Å². The molecule has 9 nitrogen and oxygen atoms in total. The van der Waals surface area contributed by atoms with Gasteiger partial charge in [-0.15, -0.1) is 0 Å². The van der Waals surface area contributed by atoms with Gasteiger partial charge in [-0.2, -0.15) is 0 Å². The summed E-state index contributed by atoms with van der Waals surface area (Å²) in [6, 6.07) is 10.3. The molecule has 0 spiro atoms. The Morgan fingerprint density at radius 2 is 1.74 bits per heavy atom. The molecule has 2 saturated heterocycles. The number of piperidine rings is 1. The summed E-state index contributed by atoms with van der Waals surface area (Å²) in [5.41, 5.74) is 0.106. The van der Waals surface area contributed by atoms with E-state index in [0.29, 0.717) is 12.8 Å². The van der Waals surface area contributed by atoms with E-state index in [1.165, 1.54) is 18.5 Å². The number of rotatable bonds is 6. The van der Waals surface area contributed by atoms with Crippen molar-refractivity contribution in [3.05, 3.63) is 48.2 Å². The van der Waals surface area contributed by atoms with Gasteiger partial charge < -0.3 is 10.2 Å². The van der Waals surface area contributed by atoms with Crippen molar-refractivity contribution in [2.75, 3.05) is 11.2 Å². The minimum Gasteiger partial charge on any atom is -0.352 e. The Labute approximate surface area is 199 Å². The van der Waals surface area contributed by atoms with Gasteiger partial charge in [0.15, 0.2) is 9.84 Å². The normalized spacial score (nSPS) is 25.7. The van der Waals surface area contributed by atoms with Crippen LogP contribution in [0.3, 0.4) is 0 Å². The maximum atomic E-state index is 13.3. The van der Waals surface area contributed by atoms with Crippen molar-refractivity contribution < 1.29 is 21.6 Å². The van der Waals surface area contributed by atoms with Gasteiger partial charge in [0.05, 0.1) is 10.3 Å². The van der Waals surface area contributed by atoms with Gasteiger partial charge in [-0.05, 0) is 68.4 Å². The summed E-state index contributed by atoms with van der Waals surface area (Å²) in [5, 5.41) is 8.43. The molecule has 0 radical (unpaired) electrons. The average molecular weight is 505 g/mol. The van der Waals surface area contributed by atoms with Crippen molar-refractivity contribution in [3.8, 4) is 0 Å². The van der Waals surface area contributed by atoms with Crippen molar-refractivity contribution in [2.24, 2.45) is 5.14 Å². The highest BCUT2D eigenvalue weighted by Gasteiger charge is 2.52. The van der Waals surface area contributed by atoms with E-state index >= 15 is 0 Å². The van der Waals surface area contributed by atoms with Gasteiger partial charge in [0.25, 0.3) is 0 Å². The number of nitrogens with zero attached hydrogens (tertiary/aromatic N) is 2. The standard InChI is InChI=1S/C23H28N4O5S2/c1-33(29,30)19-4-2-3-15(11-19)23(9-10-23)22(28)26-16-12-17-5-6-18(13-16)27(17)21-8-7-20(14-25-21)34(24,31)32/h2-4,7-8,11,14,16-18H,5-6,9-10,12-13H2,1H3,(H,26,28)(H2,24,31,32)/t16-,17+,18-. The van der Waals surface area contributed by atoms with Crippen LogP contribution in [0, 0.1) is 0 Å². The number of nitrogens with two attached hydrogens (primary N) is 1. The molecule has 3 fully saturated rings. The van der Waals surface area contributed by atoms with Crippen molar-refractivity contribution in [3.63, 3.8) is 0 Å². The Bertz CT molecular complexity index is 1320. The third-order valence-corrected chi connectivity index (χ3v) is 9.39. The first kappa shape index (κ1) is 23.3. The summed E-state index contributed by atoms with van der Waals surface area (Å²) < 4.78 is 47.0. The molecule has 11 heteroatoms. The van der Waals surface area contributed by atoms with Crippen molar-refractivity contribution in [1.82, 2.24) is 10.3 Å². The molecule has 2 aliphatic heterocycles. The largest absolute Gasteiger partial charge is 0.352 e. The fourth-order valence-electron chi connectivity index (χ4n) is 5.48. The van der Waals surface area contributed by atoms with E-state index in [4.69, 9.17) is 5.14 Å². The Morgan fingerprint density at radius 1 is 1.06 bits per heavy atom. The van der Waals surface area contributed by atoms with Gasteiger partial charge >= 0.3 is 0 Å². The Morgan fingerprint density at radius 3 is 2.26 bits per heavy atom. The zero-order chi connectivity index (χ0) is 24.3. The van der Waals surface area contributed by atoms with Crippen LogP contribution in [0.25, 0.3) is 0 Å². The number of aromatic nitrogens is 1. The molecular weight excluding hydrogens is 476 g/mol. The lowest BCUT2D eigenvalue weighted by Crippen LogP contribution is -2.52. The molecule has 1 aliphatic carbocycles. The average Bonchev–Trinajstić information content (AvgIpc) is 3.54. The second-order valence-electron chi connectivity index (χ2n) is 9.71. The highest BCUT2D eigenvalue weighted by atomic mass is 32.2. The second kappa shape index (κ2) is 8.03. The summed E-state index contributed by atoms with van der Waals surface area (Å²) in [6.45, 7) is 0. The van der Waals surface area contributed by atoms with E-state index in [2.05, 4.69) is 15.2 Å². The molecule has 3 heterocycles. The number of carbonyl (C=O) groups excluding carboxylic acids is 1. The van der Waals surface area contributed by atoms with Crippen LogP contribution < -0.4 is 15.4 Å². The number of fused-ring (bicyclic) bond motifs is 2. The predicted molar refractivity (Wildman–Crippen MR) is 127 cm³/mol. The summed E-state index contributed by atoms with van der Waals surface area (Å²) in [6.07, 6.45) is 7.40. The lowest BCUT2D eigenvalue weighted by Gasteiger charge is -2.40. The number of benzene rings is 1. The zero-order valence-electron chi connectivity index (χ0n) is 18.8. The van der Waals surface area contributed by atoms with E-state index < -0.39 is 25.3 Å². The Balaban J connectivity index is 1.29. The third-order valence-electron chi connectivity index (χ3n) is 7.38. The molecule has 1 aromatic heterocycles. The summed E-state index contributed by atoms with van der Waals surface area (Å²) in [5.74, 6) is 0.688. The number of carbonyl (C=O) groups is 1. The van der Waals surface area contributed by atoms with Crippen LogP contribution in [0.1, 0.15) is 44.1 Å². The number of primary sulfonamides is 1. The van der Waals surface area contributed by atoms with Crippen molar-refractivity contribution >= 4 is 31.6 Å². The molecule has 34 heavy (non-hydrogen) atoms. The van der Waals surface area contributed by atoms with Crippen LogP contribution in [0.15, 0.2) is 52.4 Å². The summed E-state index contributed by atoms with van der Waals surface area (Å²) in [7, 11) is -7.13.